The fourth-order valence-corrected chi connectivity index (χ4v) is 4.35. The molecule has 168 valence electrons. The fraction of sp³-hybridized carbons (Fsp3) is 0.269. The van der Waals surface area contributed by atoms with Crippen molar-refractivity contribution in [3.63, 3.8) is 0 Å². The van der Waals surface area contributed by atoms with Crippen molar-refractivity contribution in [1.82, 2.24) is 20.2 Å². The first-order chi connectivity index (χ1) is 16.2. The first kappa shape index (κ1) is 21.0. The molecule has 0 amide bonds. The number of aliphatic imine (C=N–C) groups is 1. The Hall–Kier alpha value is -3.87. The van der Waals surface area contributed by atoms with E-state index in [1.807, 2.05) is 42.5 Å². The lowest BCUT2D eigenvalue weighted by atomic mass is 10.1. The summed E-state index contributed by atoms with van der Waals surface area (Å²) in [6.07, 6.45) is 3.86. The highest BCUT2D eigenvalue weighted by molar-refractivity contribution is 5.83. The molecule has 0 radical (unpaired) electrons. The maximum atomic E-state index is 12.9. The predicted octanol–water partition coefficient (Wildman–Crippen LogP) is 3.66. The molecule has 2 aromatic carbocycles. The average molecular weight is 441 g/mol. The number of aromatic nitrogens is 2. The highest BCUT2D eigenvalue weighted by atomic mass is 16.1. The van der Waals surface area contributed by atoms with Gasteiger partial charge in [-0.15, -0.1) is 0 Å². The second-order valence-corrected chi connectivity index (χ2v) is 8.22. The van der Waals surface area contributed by atoms with Gasteiger partial charge >= 0.3 is 0 Å². The van der Waals surface area contributed by atoms with Crippen LogP contribution in [0.2, 0.25) is 0 Å². The Bertz CT molecular complexity index is 1230. The van der Waals surface area contributed by atoms with Gasteiger partial charge in [0.25, 0.3) is 5.56 Å². The SMILES string of the molecule is CCC(NC1=NCC=C(N2CCCn3c2nc(-c2ccccc2)cc3=O)N1)c1ccccc1. The van der Waals surface area contributed by atoms with E-state index in [0.29, 0.717) is 24.7 Å². The summed E-state index contributed by atoms with van der Waals surface area (Å²) in [5.74, 6) is 2.31. The van der Waals surface area contributed by atoms with Gasteiger partial charge in [0.05, 0.1) is 18.3 Å². The molecule has 0 saturated carbocycles. The van der Waals surface area contributed by atoms with Crippen LogP contribution in [0.3, 0.4) is 0 Å². The molecule has 1 atom stereocenters. The number of fused-ring (bicyclic) bond motifs is 1. The lowest BCUT2D eigenvalue weighted by Crippen LogP contribution is -2.48. The van der Waals surface area contributed by atoms with Crippen LogP contribution in [-0.2, 0) is 6.54 Å². The maximum Gasteiger partial charge on any atom is 0.255 e. The Balaban J connectivity index is 1.40. The summed E-state index contributed by atoms with van der Waals surface area (Å²) in [6, 6.07) is 22.0. The molecule has 33 heavy (non-hydrogen) atoms. The molecule has 1 aromatic heterocycles. The Kier molecular flexibility index (Phi) is 5.93. The van der Waals surface area contributed by atoms with Gasteiger partial charge in [0.2, 0.25) is 5.95 Å². The molecule has 7 heteroatoms. The lowest BCUT2D eigenvalue weighted by molar-refractivity contribution is 0.544. The standard InChI is InChI=1S/C26H28N6O/c1-2-21(19-10-5-3-6-11-19)28-25-27-15-14-23(30-25)31-16-9-17-32-24(33)18-22(29-26(31)32)20-12-7-4-8-13-20/h3-8,10-14,18,21H,2,9,15-17H2,1H3,(H2,27,28,30). The van der Waals surface area contributed by atoms with Crippen molar-refractivity contribution >= 4 is 11.9 Å². The molecule has 2 aliphatic rings. The highest BCUT2D eigenvalue weighted by Gasteiger charge is 2.25. The molecule has 7 nitrogen and oxygen atoms in total. The Morgan fingerprint density at radius 1 is 1.06 bits per heavy atom. The van der Waals surface area contributed by atoms with Crippen LogP contribution in [0.1, 0.15) is 31.4 Å². The van der Waals surface area contributed by atoms with Crippen LogP contribution in [-0.4, -0.2) is 28.6 Å². The molecule has 0 saturated heterocycles. The summed E-state index contributed by atoms with van der Waals surface area (Å²) in [6.45, 7) is 4.18. The van der Waals surface area contributed by atoms with Gasteiger partial charge in [-0.1, -0.05) is 67.6 Å². The number of benzene rings is 2. The minimum atomic E-state index is -0.0258. The third-order valence-corrected chi connectivity index (χ3v) is 6.05. The van der Waals surface area contributed by atoms with E-state index in [9.17, 15) is 4.79 Å². The number of nitrogens with one attached hydrogen (secondary N) is 2. The Morgan fingerprint density at radius 3 is 2.58 bits per heavy atom. The summed E-state index contributed by atoms with van der Waals surface area (Å²) >= 11 is 0. The second kappa shape index (κ2) is 9.32. The van der Waals surface area contributed by atoms with Crippen LogP contribution >= 0.6 is 0 Å². The van der Waals surface area contributed by atoms with Gasteiger partial charge in [0.15, 0.2) is 5.96 Å². The molecular weight excluding hydrogens is 412 g/mol. The molecule has 0 fully saturated rings. The maximum absolute atomic E-state index is 12.9. The molecule has 5 rings (SSSR count). The van der Waals surface area contributed by atoms with Crippen LogP contribution in [0.25, 0.3) is 11.3 Å². The third kappa shape index (κ3) is 4.39. The quantitative estimate of drug-likeness (QED) is 0.633. The van der Waals surface area contributed by atoms with E-state index in [1.54, 1.807) is 10.6 Å². The number of guanidine groups is 1. The number of hydrogen-bond donors (Lipinski definition) is 2. The number of hydrogen-bond acceptors (Lipinski definition) is 6. The minimum absolute atomic E-state index is 0.0258. The molecule has 2 N–H and O–H groups in total. The van der Waals surface area contributed by atoms with E-state index in [1.165, 1.54) is 5.56 Å². The zero-order valence-corrected chi connectivity index (χ0v) is 18.7. The van der Waals surface area contributed by atoms with E-state index in [2.05, 4.69) is 51.7 Å². The summed E-state index contributed by atoms with van der Waals surface area (Å²) in [5.41, 5.74) is 2.83. The van der Waals surface area contributed by atoms with Crippen molar-refractivity contribution < 1.29 is 0 Å². The number of anilines is 1. The zero-order valence-electron chi connectivity index (χ0n) is 18.7. The van der Waals surface area contributed by atoms with Gasteiger partial charge in [-0.3, -0.25) is 14.3 Å². The Labute approximate surface area is 193 Å². The number of rotatable bonds is 5. The summed E-state index contributed by atoms with van der Waals surface area (Å²) in [7, 11) is 0. The normalized spacial score (nSPS) is 16.2. The van der Waals surface area contributed by atoms with Gasteiger partial charge in [-0.2, -0.15) is 0 Å². The van der Waals surface area contributed by atoms with Crippen LogP contribution in [0.5, 0.6) is 0 Å². The lowest BCUT2D eigenvalue weighted by Gasteiger charge is -2.34. The predicted molar refractivity (Wildman–Crippen MR) is 132 cm³/mol. The van der Waals surface area contributed by atoms with E-state index in [-0.39, 0.29) is 11.6 Å². The van der Waals surface area contributed by atoms with Crippen molar-refractivity contribution in [3.8, 4) is 11.3 Å². The zero-order chi connectivity index (χ0) is 22.6. The Morgan fingerprint density at radius 2 is 1.82 bits per heavy atom. The number of nitrogens with zero attached hydrogens (tertiary/aromatic N) is 4. The molecule has 1 unspecified atom stereocenters. The van der Waals surface area contributed by atoms with Gasteiger partial charge in [0.1, 0.15) is 5.82 Å². The summed E-state index contributed by atoms with van der Waals surface area (Å²) in [5, 5.41) is 6.99. The van der Waals surface area contributed by atoms with Crippen LogP contribution in [0.4, 0.5) is 5.95 Å². The van der Waals surface area contributed by atoms with E-state index in [0.717, 1.165) is 36.7 Å². The first-order valence-electron chi connectivity index (χ1n) is 11.5. The largest absolute Gasteiger partial charge is 0.349 e. The van der Waals surface area contributed by atoms with Crippen molar-refractivity contribution in [2.75, 3.05) is 18.0 Å². The topological polar surface area (TPSA) is 74.5 Å². The smallest absolute Gasteiger partial charge is 0.255 e. The summed E-state index contributed by atoms with van der Waals surface area (Å²) < 4.78 is 1.76. The third-order valence-electron chi connectivity index (χ3n) is 6.05. The van der Waals surface area contributed by atoms with Crippen molar-refractivity contribution in [2.24, 2.45) is 4.99 Å². The molecule has 2 aliphatic heterocycles. The van der Waals surface area contributed by atoms with Crippen LogP contribution in [0.15, 0.2) is 88.4 Å². The molecule has 0 spiro atoms. The van der Waals surface area contributed by atoms with E-state index in [4.69, 9.17) is 4.98 Å². The van der Waals surface area contributed by atoms with Crippen molar-refractivity contribution in [1.29, 1.82) is 0 Å². The van der Waals surface area contributed by atoms with Crippen LogP contribution < -0.4 is 21.1 Å². The molecule has 3 heterocycles. The molecule has 0 aliphatic carbocycles. The van der Waals surface area contributed by atoms with Gasteiger partial charge in [-0.05, 0) is 24.5 Å². The van der Waals surface area contributed by atoms with Gasteiger partial charge in [0, 0.05) is 24.7 Å². The van der Waals surface area contributed by atoms with E-state index >= 15 is 0 Å². The van der Waals surface area contributed by atoms with Gasteiger partial charge < -0.3 is 10.6 Å². The molecule has 3 aromatic rings. The monoisotopic (exact) mass is 440 g/mol. The molecular formula is C26H28N6O. The molecule has 0 bridgehead atoms. The summed E-state index contributed by atoms with van der Waals surface area (Å²) in [4.78, 5) is 24.5. The average Bonchev–Trinajstić information content (AvgIpc) is 2.88. The minimum Gasteiger partial charge on any atom is -0.349 e. The van der Waals surface area contributed by atoms with Gasteiger partial charge in [-0.25, -0.2) is 9.98 Å². The van der Waals surface area contributed by atoms with Crippen molar-refractivity contribution in [2.45, 2.75) is 32.4 Å². The van der Waals surface area contributed by atoms with Crippen LogP contribution in [0, 0.1) is 0 Å². The highest BCUT2D eigenvalue weighted by Crippen LogP contribution is 2.25. The first-order valence-corrected chi connectivity index (χ1v) is 11.5. The van der Waals surface area contributed by atoms with Crippen molar-refractivity contribution in [3.05, 3.63) is 94.5 Å². The van der Waals surface area contributed by atoms with E-state index < -0.39 is 0 Å². The second-order valence-electron chi connectivity index (χ2n) is 8.22. The fourth-order valence-electron chi connectivity index (χ4n) is 4.35.